The zero-order valence-electron chi connectivity index (χ0n) is 11.0. The molecule has 2 heterocycles. The van der Waals surface area contributed by atoms with E-state index in [0.717, 1.165) is 25.8 Å². The van der Waals surface area contributed by atoms with Gasteiger partial charge < -0.3 is 15.0 Å². The van der Waals surface area contributed by atoms with Gasteiger partial charge in [0.05, 0.1) is 13.2 Å². The third kappa shape index (κ3) is 2.96. The fourth-order valence-electron chi connectivity index (χ4n) is 2.56. The maximum Gasteiger partial charge on any atom is 0.0554 e. The molecule has 0 aromatic heterocycles. The molecule has 3 heteroatoms. The molecule has 2 fully saturated rings. The van der Waals surface area contributed by atoms with Crippen molar-refractivity contribution >= 4 is 0 Å². The molecule has 94 valence electrons. The maximum absolute atomic E-state index is 5.28. The fraction of sp³-hybridized carbons (Fsp3) is 1.00. The van der Waals surface area contributed by atoms with E-state index in [0.29, 0.717) is 11.5 Å². The molecular weight excluding hydrogens is 200 g/mol. The van der Waals surface area contributed by atoms with Crippen LogP contribution in [0.3, 0.4) is 0 Å². The van der Waals surface area contributed by atoms with Crippen LogP contribution in [-0.4, -0.2) is 49.8 Å². The first-order valence-electron chi connectivity index (χ1n) is 6.64. The Morgan fingerprint density at radius 2 is 1.94 bits per heavy atom. The minimum absolute atomic E-state index is 0.412. The fourth-order valence-corrected chi connectivity index (χ4v) is 2.56. The van der Waals surface area contributed by atoms with Crippen molar-refractivity contribution in [1.29, 1.82) is 0 Å². The highest BCUT2D eigenvalue weighted by molar-refractivity contribution is 4.86. The summed E-state index contributed by atoms with van der Waals surface area (Å²) in [6.07, 6.45) is 2.60. The lowest BCUT2D eigenvalue weighted by Crippen LogP contribution is -2.52. The molecule has 16 heavy (non-hydrogen) atoms. The van der Waals surface area contributed by atoms with Gasteiger partial charge in [-0.25, -0.2) is 0 Å². The van der Waals surface area contributed by atoms with E-state index in [1.54, 1.807) is 0 Å². The molecule has 0 aromatic carbocycles. The van der Waals surface area contributed by atoms with E-state index in [2.05, 4.69) is 31.0 Å². The van der Waals surface area contributed by atoms with Crippen LogP contribution in [0.25, 0.3) is 0 Å². The van der Waals surface area contributed by atoms with E-state index in [-0.39, 0.29) is 0 Å². The predicted octanol–water partition coefficient (Wildman–Crippen LogP) is 1.49. The largest absolute Gasteiger partial charge is 0.380 e. The molecule has 0 aliphatic carbocycles. The highest BCUT2D eigenvalue weighted by Crippen LogP contribution is 2.26. The number of ether oxygens (including phenoxy) is 1. The Bertz CT molecular complexity index is 218. The Balaban J connectivity index is 1.65. The summed E-state index contributed by atoms with van der Waals surface area (Å²) in [6.45, 7) is 12.4. The highest BCUT2D eigenvalue weighted by atomic mass is 16.5. The second-order valence-electron chi connectivity index (χ2n) is 6.09. The average Bonchev–Trinajstić information content (AvgIpc) is 2.24. The van der Waals surface area contributed by atoms with Gasteiger partial charge in [-0.2, -0.15) is 0 Å². The van der Waals surface area contributed by atoms with E-state index in [4.69, 9.17) is 4.74 Å². The number of rotatable bonds is 4. The average molecular weight is 226 g/mol. The first-order chi connectivity index (χ1) is 7.59. The molecule has 0 aromatic rings. The van der Waals surface area contributed by atoms with E-state index in [1.807, 2.05) is 0 Å². The van der Waals surface area contributed by atoms with Crippen molar-refractivity contribution in [2.24, 2.45) is 5.41 Å². The first-order valence-corrected chi connectivity index (χ1v) is 6.64. The standard InChI is InChI=1S/C13H26N2O/c1-11(2)15-6-4-12(5-7-15)14-8-13(3)9-16-10-13/h11-12,14H,4-10H2,1-3H3. The Hall–Kier alpha value is -0.120. The van der Waals surface area contributed by atoms with Gasteiger partial charge in [0.1, 0.15) is 0 Å². The molecule has 2 aliphatic heterocycles. The predicted molar refractivity (Wildman–Crippen MR) is 66.7 cm³/mol. The molecule has 2 rings (SSSR count). The Morgan fingerprint density at radius 1 is 1.31 bits per heavy atom. The van der Waals surface area contributed by atoms with Gasteiger partial charge in [-0.1, -0.05) is 6.92 Å². The SMILES string of the molecule is CC(C)N1CCC(NCC2(C)COC2)CC1. The van der Waals surface area contributed by atoms with E-state index in [9.17, 15) is 0 Å². The van der Waals surface area contributed by atoms with Gasteiger partial charge in [-0.05, 0) is 39.8 Å². The number of likely N-dealkylation sites (tertiary alicyclic amines) is 1. The lowest BCUT2D eigenvalue weighted by molar-refractivity contribution is -0.101. The van der Waals surface area contributed by atoms with Crippen molar-refractivity contribution in [2.75, 3.05) is 32.8 Å². The summed E-state index contributed by atoms with van der Waals surface area (Å²) >= 11 is 0. The number of piperidine rings is 1. The number of hydrogen-bond donors (Lipinski definition) is 1. The van der Waals surface area contributed by atoms with Crippen LogP contribution in [0.1, 0.15) is 33.6 Å². The van der Waals surface area contributed by atoms with E-state index in [1.165, 1.54) is 25.9 Å². The maximum atomic E-state index is 5.28. The van der Waals surface area contributed by atoms with Crippen LogP contribution in [0, 0.1) is 5.41 Å². The number of nitrogens with one attached hydrogen (secondary N) is 1. The lowest BCUT2D eigenvalue weighted by Gasteiger charge is -2.41. The Morgan fingerprint density at radius 3 is 2.38 bits per heavy atom. The minimum Gasteiger partial charge on any atom is -0.380 e. The zero-order valence-corrected chi connectivity index (χ0v) is 11.0. The Kier molecular flexibility index (Phi) is 3.88. The molecule has 0 atom stereocenters. The first kappa shape index (κ1) is 12.3. The van der Waals surface area contributed by atoms with Crippen molar-refractivity contribution in [3.63, 3.8) is 0 Å². The van der Waals surface area contributed by atoms with E-state index < -0.39 is 0 Å². The molecule has 0 radical (unpaired) electrons. The van der Waals surface area contributed by atoms with Crippen LogP contribution in [-0.2, 0) is 4.74 Å². The van der Waals surface area contributed by atoms with Crippen molar-refractivity contribution in [3.8, 4) is 0 Å². The van der Waals surface area contributed by atoms with Gasteiger partial charge in [0, 0.05) is 24.0 Å². The quantitative estimate of drug-likeness (QED) is 0.786. The monoisotopic (exact) mass is 226 g/mol. The van der Waals surface area contributed by atoms with Gasteiger partial charge in [0.2, 0.25) is 0 Å². The molecule has 0 unspecified atom stereocenters. The third-order valence-electron chi connectivity index (χ3n) is 3.98. The molecule has 3 nitrogen and oxygen atoms in total. The summed E-state index contributed by atoms with van der Waals surface area (Å²) in [5, 5.41) is 3.72. The summed E-state index contributed by atoms with van der Waals surface area (Å²) in [7, 11) is 0. The van der Waals surface area contributed by atoms with Crippen molar-refractivity contribution < 1.29 is 4.74 Å². The van der Waals surface area contributed by atoms with Crippen molar-refractivity contribution in [1.82, 2.24) is 10.2 Å². The zero-order chi connectivity index (χ0) is 11.6. The second-order valence-corrected chi connectivity index (χ2v) is 6.09. The normalized spacial score (nSPS) is 27.0. The summed E-state index contributed by atoms with van der Waals surface area (Å²) in [5.41, 5.74) is 0.412. The minimum atomic E-state index is 0.412. The third-order valence-corrected chi connectivity index (χ3v) is 3.98. The van der Waals surface area contributed by atoms with Crippen LogP contribution in [0.2, 0.25) is 0 Å². The second kappa shape index (κ2) is 5.03. The number of nitrogens with zero attached hydrogens (tertiary/aromatic N) is 1. The molecule has 1 N–H and O–H groups in total. The molecule has 0 bridgehead atoms. The van der Waals surface area contributed by atoms with Gasteiger partial charge in [-0.15, -0.1) is 0 Å². The van der Waals surface area contributed by atoms with E-state index >= 15 is 0 Å². The van der Waals surface area contributed by atoms with Crippen LogP contribution in [0.4, 0.5) is 0 Å². The molecule has 0 spiro atoms. The molecule has 2 saturated heterocycles. The molecule has 0 amide bonds. The number of hydrogen-bond acceptors (Lipinski definition) is 3. The van der Waals surface area contributed by atoms with Crippen LogP contribution < -0.4 is 5.32 Å². The smallest absolute Gasteiger partial charge is 0.0554 e. The van der Waals surface area contributed by atoms with Crippen molar-refractivity contribution in [3.05, 3.63) is 0 Å². The summed E-state index contributed by atoms with van der Waals surface area (Å²) in [5.74, 6) is 0. The van der Waals surface area contributed by atoms with Gasteiger partial charge >= 0.3 is 0 Å². The molecular formula is C13H26N2O. The van der Waals surface area contributed by atoms with Crippen LogP contribution in [0.5, 0.6) is 0 Å². The summed E-state index contributed by atoms with van der Waals surface area (Å²) in [4.78, 5) is 2.58. The summed E-state index contributed by atoms with van der Waals surface area (Å²) < 4.78 is 5.28. The van der Waals surface area contributed by atoms with Crippen molar-refractivity contribution in [2.45, 2.75) is 45.7 Å². The topological polar surface area (TPSA) is 24.5 Å². The molecule has 0 saturated carbocycles. The Labute approximate surface area is 99.5 Å². The lowest BCUT2D eigenvalue weighted by atomic mass is 9.88. The van der Waals surface area contributed by atoms with Crippen LogP contribution in [0.15, 0.2) is 0 Å². The molecule has 2 aliphatic rings. The van der Waals surface area contributed by atoms with Gasteiger partial charge in [-0.3, -0.25) is 0 Å². The van der Waals surface area contributed by atoms with Gasteiger partial charge in [0.15, 0.2) is 0 Å². The highest BCUT2D eigenvalue weighted by Gasteiger charge is 2.33. The summed E-state index contributed by atoms with van der Waals surface area (Å²) in [6, 6.07) is 1.44. The van der Waals surface area contributed by atoms with Gasteiger partial charge in [0.25, 0.3) is 0 Å². The van der Waals surface area contributed by atoms with Crippen LogP contribution >= 0.6 is 0 Å².